The minimum Gasteiger partial charge on any atom is -0.480 e. The van der Waals surface area contributed by atoms with E-state index in [1.165, 1.54) is 0 Å². The van der Waals surface area contributed by atoms with Crippen molar-refractivity contribution in [1.82, 2.24) is 42.5 Å². The molecular weight excluding hydrogens is 971 g/mol. The van der Waals surface area contributed by atoms with Gasteiger partial charge in [-0.25, -0.2) is 4.79 Å². The summed E-state index contributed by atoms with van der Waals surface area (Å²) in [4.78, 5) is 122. The maximum absolute atomic E-state index is 14.3. The number of aliphatic hydroxyl groups is 1. The molecule has 0 unspecified atom stereocenters. The van der Waals surface area contributed by atoms with E-state index in [2.05, 4.69) is 49.5 Å². The number of benzene rings is 1. The Hall–Kier alpha value is -5.79. The van der Waals surface area contributed by atoms with Gasteiger partial charge in [-0.1, -0.05) is 97.1 Å². The number of aliphatic carboxylic acids is 1. The molecule has 0 bridgehead atoms. The van der Waals surface area contributed by atoms with Crippen molar-refractivity contribution >= 4 is 53.2 Å². The Morgan fingerprint density at radius 1 is 0.440 bits per heavy atom. The van der Waals surface area contributed by atoms with Crippen molar-refractivity contribution in [2.75, 3.05) is 32.7 Å². The van der Waals surface area contributed by atoms with Crippen LogP contribution in [0.4, 0.5) is 0 Å². The van der Waals surface area contributed by atoms with Gasteiger partial charge in [0.05, 0.1) is 12.5 Å². The fraction of sp³-hybridized carbons (Fsp3) is 0.706. The number of nitrogens with two attached hydrogens (primary N) is 5. The van der Waals surface area contributed by atoms with Crippen LogP contribution in [-0.2, 0) is 49.6 Å². The van der Waals surface area contributed by atoms with Gasteiger partial charge in [0.15, 0.2) is 0 Å². The Bertz CT molecular complexity index is 1910. The van der Waals surface area contributed by atoms with E-state index in [1.54, 1.807) is 58.0 Å². The minimum absolute atomic E-state index is 0.00662. The summed E-state index contributed by atoms with van der Waals surface area (Å²) in [5.74, 6) is -7.60. The van der Waals surface area contributed by atoms with Crippen LogP contribution in [0.3, 0.4) is 0 Å². The second-order valence-corrected chi connectivity index (χ2v) is 19.8. The van der Waals surface area contributed by atoms with Crippen LogP contribution < -0.4 is 71.2 Å². The highest BCUT2D eigenvalue weighted by atomic mass is 16.4. The van der Waals surface area contributed by atoms with E-state index in [0.717, 1.165) is 32.1 Å². The SMILES string of the molecule is CCCCCCC[C@@H](O)CC(=O)N[C@H](CCN)C(=O)N[C@@H](CCN)C(=O)N[C@@H](CCN)C(=O)N[C@@H](Cc1ccccc1)C(=O)N[C@@H](CC(C)C)C(=O)N[C@@H](CCN)C(=O)N[C@@H](CCN)C(=O)N[C@@H](CC(C)C)C(=O)O. The maximum atomic E-state index is 14.3. The molecule has 0 heterocycles. The molecule has 24 nitrogen and oxygen atoms in total. The van der Waals surface area contributed by atoms with Crippen LogP contribution in [0.25, 0.3) is 0 Å². The Kier molecular flexibility index (Phi) is 33.9. The number of carboxylic acid groups (broad SMARTS) is 1. The summed E-state index contributed by atoms with van der Waals surface area (Å²) in [5, 5.41) is 41.0. The Morgan fingerprint density at radius 2 is 0.773 bits per heavy atom. The zero-order chi connectivity index (χ0) is 56.5. The molecule has 0 aliphatic heterocycles. The summed E-state index contributed by atoms with van der Waals surface area (Å²) in [6, 6.07) is -1.51. The molecule has 20 N–H and O–H groups in total. The lowest BCUT2D eigenvalue weighted by Gasteiger charge is -2.28. The van der Waals surface area contributed by atoms with Gasteiger partial charge in [-0.3, -0.25) is 38.4 Å². The van der Waals surface area contributed by atoms with Crippen LogP contribution in [0.15, 0.2) is 30.3 Å². The normalized spacial score (nSPS) is 14.9. The van der Waals surface area contributed by atoms with Gasteiger partial charge in [0.2, 0.25) is 47.3 Å². The molecule has 0 aromatic heterocycles. The van der Waals surface area contributed by atoms with Crippen LogP contribution >= 0.6 is 0 Å². The zero-order valence-corrected chi connectivity index (χ0v) is 44.8. The van der Waals surface area contributed by atoms with E-state index in [0.29, 0.717) is 12.0 Å². The number of carbonyl (C=O) groups excluding carboxylic acids is 8. The molecule has 1 aromatic rings. The van der Waals surface area contributed by atoms with Crippen molar-refractivity contribution < 1.29 is 53.4 Å². The number of unbranched alkanes of at least 4 members (excludes halogenated alkanes) is 4. The monoisotopic (exact) mass is 1060 g/mol. The number of hydrogen-bond acceptors (Lipinski definition) is 15. The fourth-order valence-electron chi connectivity index (χ4n) is 8.09. The molecule has 0 fully saturated rings. The number of amides is 8. The van der Waals surface area contributed by atoms with Crippen LogP contribution in [0, 0.1) is 11.8 Å². The molecule has 0 radical (unpaired) electrons. The van der Waals surface area contributed by atoms with E-state index in [9.17, 15) is 53.4 Å². The van der Waals surface area contributed by atoms with Crippen molar-refractivity contribution in [3.8, 4) is 0 Å². The highest BCUT2D eigenvalue weighted by Gasteiger charge is 2.35. The molecule has 75 heavy (non-hydrogen) atoms. The average molecular weight is 1060 g/mol. The lowest BCUT2D eigenvalue weighted by atomic mass is 10.00. The molecule has 426 valence electrons. The first-order chi connectivity index (χ1) is 35.6. The smallest absolute Gasteiger partial charge is 0.326 e. The van der Waals surface area contributed by atoms with Crippen molar-refractivity contribution in [1.29, 1.82) is 0 Å². The summed E-state index contributed by atoms with van der Waals surface area (Å²) in [6.45, 7) is 9.02. The molecule has 0 aliphatic rings. The van der Waals surface area contributed by atoms with Gasteiger partial charge in [-0.05, 0) is 101 Å². The summed E-state index contributed by atoms with van der Waals surface area (Å²) in [6.07, 6.45) is 3.97. The van der Waals surface area contributed by atoms with E-state index in [4.69, 9.17) is 28.7 Å². The molecule has 0 aliphatic carbocycles. The van der Waals surface area contributed by atoms with E-state index >= 15 is 0 Å². The predicted octanol–water partition coefficient (Wildman–Crippen LogP) is -1.86. The predicted molar refractivity (Wildman–Crippen MR) is 284 cm³/mol. The van der Waals surface area contributed by atoms with Gasteiger partial charge < -0.3 is 81.4 Å². The maximum Gasteiger partial charge on any atom is 0.326 e. The van der Waals surface area contributed by atoms with Gasteiger partial charge in [0.1, 0.15) is 48.3 Å². The standard InChI is InChI=1S/C51H91N13O11/c1-6-7-8-9-13-16-34(65)30-43(66)57-35(17-22-52)44(67)58-36(18-23-53)45(68)59-38(20-25-55)47(70)63-41(29-33-14-11-10-12-15-33)50(73)62-40(27-31(2)3)49(72)61-37(19-24-54)46(69)60-39(21-26-56)48(71)64-42(51(74)75)28-32(4)5/h10-12,14-15,31-32,34-42,65H,6-9,13,16-30,52-56H2,1-5H3,(H,57,66)(H,58,67)(H,59,68)(H,60,69)(H,61,72)(H,62,73)(H,63,70)(H,64,71)(H,74,75)/t34-,35-,36+,37+,38+,39+,40+,41+,42+/m1/s1. The number of hydrogen-bond donors (Lipinski definition) is 15. The summed E-state index contributed by atoms with van der Waals surface area (Å²) in [7, 11) is 0. The fourth-order valence-corrected chi connectivity index (χ4v) is 8.09. The largest absolute Gasteiger partial charge is 0.480 e. The minimum atomic E-state index is -1.34. The van der Waals surface area contributed by atoms with Crippen LogP contribution in [-0.4, -0.2) is 151 Å². The second kappa shape index (κ2) is 37.9. The quantitative estimate of drug-likeness (QED) is 0.0321. The third-order valence-corrected chi connectivity index (χ3v) is 12.1. The Morgan fingerprint density at radius 3 is 1.16 bits per heavy atom. The van der Waals surface area contributed by atoms with Gasteiger partial charge in [-0.2, -0.15) is 0 Å². The molecule has 8 amide bonds. The zero-order valence-electron chi connectivity index (χ0n) is 44.8. The third kappa shape index (κ3) is 27.5. The van der Waals surface area contributed by atoms with E-state index in [1.807, 2.05) is 0 Å². The molecule has 0 spiro atoms. The Labute approximate surface area is 442 Å². The highest BCUT2D eigenvalue weighted by molar-refractivity contribution is 5.98. The van der Waals surface area contributed by atoms with Gasteiger partial charge in [0, 0.05) is 6.42 Å². The summed E-state index contributed by atoms with van der Waals surface area (Å²) < 4.78 is 0. The molecule has 1 rings (SSSR count). The first kappa shape index (κ1) is 67.2. The number of rotatable bonds is 40. The van der Waals surface area contributed by atoms with E-state index < -0.39 is 108 Å². The van der Waals surface area contributed by atoms with Gasteiger partial charge >= 0.3 is 5.97 Å². The highest BCUT2D eigenvalue weighted by Crippen LogP contribution is 2.13. The third-order valence-electron chi connectivity index (χ3n) is 12.1. The number of carboxylic acids is 1. The first-order valence-electron chi connectivity index (χ1n) is 26.5. The molecule has 24 heteroatoms. The average Bonchev–Trinajstić information content (AvgIpc) is 3.34. The van der Waals surface area contributed by atoms with Gasteiger partial charge in [-0.15, -0.1) is 0 Å². The lowest BCUT2D eigenvalue weighted by Crippen LogP contribution is -2.61. The molecule has 1 aromatic carbocycles. The second-order valence-electron chi connectivity index (χ2n) is 19.8. The van der Waals surface area contributed by atoms with Crippen LogP contribution in [0.1, 0.15) is 130 Å². The molecule has 0 saturated carbocycles. The summed E-state index contributed by atoms with van der Waals surface area (Å²) in [5.41, 5.74) is 29.7. The van der Waals surface area contributed by atoms with Crippen molar-refractivity contribution in [3.05, 3.63) is 35.9 Å². The lowest BCUT2D eigenvalue weighted by molar-refractivity contribution is -0.143. The number of nitrogens with one attached hydrogen (secondary N) is 8. The van der Waals surface area contributed by atoms with E-state index in [-0.39, 0.29) is 102 Å². The van der Waals surface area contributed by atoms with Crippen molar-refractivity contribution in [2.45, 2.75) is 185 Å². The number of aliphatic hydroxyl groups excluding tert-OH is 1. The number of carbonyl (C=O) groups is 9. The van der Waals surface area contributed by atoms with Crippen LogP contribution in [0.5, 0.6) is 0 Å². The van der Waals surface area contributed by atoms with Crippen LogP contribution in [0.2, 0.25) is 0 Å². The molecule has 0 saturated heterocycles. The summed E-state index contributed by atoms with van der Waals surface area (Å²) >= 11 is 0. The topological polar surface area (TPSA) is 420 Å². The molecule has 9 atom stereocenters. The van der Waals surface area contributed by atoms with Crippen molar-refractivity contribution in [2.24, 2.45) is 40.5 Å². The van der Waals surface area contributed by atoms with Crippen molar-refractivity contribution in [3.63, 3.8) is 0 Å². The Balaban J connectivity index is 3.35. The van der Waals surface area contributed by atoms with Gasteiger partial charge in [0.25, 0.3) is 0 Å². The molecular formula is C51H91N13O11. The first-order valence-corrected chi connectivity index (χ1v) is 26.5.